The van der Waals surface area contributed by atoms with Gasteiger partial charge in [-0.2, -0.15) is 13.2 Å². The highest BCUT2D eigenvalue weighted by Crippen LogP contribution is 2.34. The second-order valence-electron chi connectivity index (χ2n) is 10.3. The van der Waals surface area contributed by atoms with Crippen molar-refractivity contribution in [2.45, 2.75) is 25.6 Å². The molecule has 2 N–H and O–H groups in total. The van der Waals surface area contributed by atoms with Crippen molar-refractivity contribution in [3.8, 4) is 11.3 Å². The number of carbonyl (C=O) groups is 2. The van der Waals surface area contributed by atoms with Crippen molar-refractivity contribution in [2.75, 3.05) is 24.5 Å². The van der Waals surface area contributed by atoms with Crippen LogP contribution in [0.1, 0.15) is 29.8 Å². The molecule has 0 bridgehead atoms. The molecule has 2 fully saturated rings. The molecule has 1 aromatic carbocycles. The van der Waals surface area contributed by atoms with Crippen molar-refractivity contribution in [2.24, 2.45) is 5.92 Å². The molecule has 0 spiro atoms. The van der Waals surface area contributed by atoms with Crippen molar-refractivity contribution >= 4 is 45.7 Å². The predicted molar refractivity (Wildman–Crippen MR) is 158 cm³/mol. The molecule has 2 aliphatic rings. The Kier molecular flexibility index (Phi) is 8.08. The number of nitrogens with one attached hydrogen (secondary N) is 2. The van der Waals surface area contributed by atoms with Gasteiger partial charge in [-0.3, -0.25) is 24.9 Å². The molecule has 0 unspecified atom stereocenters. The van der Waals surface area contributed by atoms with E-state index in [0.29, 0.717) is 48.5 Å². The molecule has 5 heterocycles. The molecule has 220 valence electrons. The molecule has 13 heteroatoms. The van der Waals surface area contributed by atoms with Gasteiger partial charge in [-0.1, -0.05) is 18.2 Å². The molecular formula is C30H26F3N7O2S. The van der Waals surface area contributed by atoms with E-state index in [9.17, 15) is 22.8 Å². The van der Waals surface area contributed by atoms with Gasteiger partial charge in [0, 0.05) is 49.2 Å². The van der Waals surface area contributed by atoms with Gasteiger partial charge in [0.2, 0.25) is 5.95 Å². The van der Waals surface area contributed by atoms with Crippen LogP contribution in [0, 0.1) is 5.92 Å². The second kappa shape index (κ2) is 12.1. The Labute approximate surface area is 249 Å². The molecule has 3 aromatic heterocycles. The molecular weight excluding hydrogens is 579 g/mol. The predicted octanol–water partition coefficient (Wildman–Crippen LogP) is 5.44. The Bertz CT molecular complexity index is 1720. The Morgan fingerprint density at radius 3 is 2.67 bits per heavy atom. The van der Waals surface area contributed by atoms with E-state index >= 15 is 0 Å². The average molecular weight is 606 g/mol. The number of aromatic nitrogens is 4. The zero-order valence-electron chi connectivity index (χ0n) is 22.8. The molecule has 4 aromatic rings. The van der Waals surface area contributed by atoms with E-state index in [2.05, 4.69) is 35.5 Å². The lowest BCUT2D eigenvalue weighted by Crippen LogP contribution is -2.38. The van der Waals surface area contributed by atoms with E-state index in [1.807, 2.05) is 6.07 Å². The Morgan fingerprint density at radius 1 is 1.07 bits per heavy atom. The zero-order valence-corrected chi connectivity index (χ0v) is 23.6. The van der Waals surface area contributed by atoms with Crippen LogP contribution in [-0.2, 0) is 17.5 Å². The number of rotatable bonds is 7. The number of amides is 2. The maximum Gasteiger partial charge on any atom is 0.416 e. The van der Waals surface area contributed by atoms with Gasteiger partial charge in [-0.25, -0.2) is 9.97 Å². The molecule has 9 nitrogen and oxygen atoms in total. The fraction of sp³-hybridized carbons (Fsp3) is 0.267. The summed E-state index contributed by atoms with van der Waals surface area (Å²) in [6.45, 7) is 2.26. The van der Waals surface area contributed by atoms with Crippen LogP contribution >= 0.6 is 11.8 Å². The number of pyridine rings is 2. The summed E-state index contributed by atoms with van der Waals surface area (Å²) in [7, 11) is 0. The minimum Gasteiger partial charge on any atom is -0.341 e. The number of piperidine rings is 1. The zero-order chi connectivity index (χ0) is 30.0. The molecule has 0 atom stereocenters. The summed E-state index contributed by atoms with van der Waals surface area (Å²) in [6.07, 6.45) is 3.68. The molecule has 0 radical (unpaired) electrons. The summed E-state index contributed by atoms with van der Waals surface area (Å²) in [5.74, 6) is 0.425. The highest BCUT2D eigenvalue weighted by molar-refractivity contribution is 8.18. The van der Waals surface area contributed by atoms with Crippen molar-refractivity contribution in [3.63, 3.8) is 0 Å². The average Bonchev–Trinajstić information content (AvgIpc) is 3.32. The number of anilines is 1. The molecule has 2 aliphatic heterocycles. The first-order chi connectivity index (χ1) is 20.7. The summed E-state index contributed by atoms with van der Waals surface area (Å²) in [5, 5.41) is 6.75. The van der Waals surface area contributed by atoms with Crippen molar-refractivity contribution < 1.29 is 22.8 Å². The topological polar surface area (TPSA) is 113 Å². The summed E-state index contributed by atoms with van der Waals surface area (Å²) in [6, 6.07) is 11.1. The highest BCUT2D eigenvalue weighted by Gasteiger charge is 2.32. The quantitative estimate of drug-likeness (QED) is 0.266. The molecule has 43 heavy (non-hydrogen) atoms. The van der Waals surface area contributed by atoms with Gasteiger partial charge in [0.1, 0.15) is 0 Å². The first-order valence-electron chi connectivity index (χ1n) is 13.7. The number of fused-ring (bicyclic) bond motifs is 1. The number of nitrogens with zero attached hydrogens (tertiary/aromatic N) is 5. The van der Waals surface area contributed by atoms with E-state index in [1.54, 1.807) is 48.9 Å². The monoisotopic (exact) mass is 605 g/mol. The van der Waals surface area contributed by atoms with E-state index in [4.69, 9.17) is 0 Å². The van der Waals surface area contributed by atoms with Crippen molar-refractivity contribution in [3.05, 3.63) is 82.9 Å². The molecule has 2 saturated heterocycles. The molecule has 2 amide bonds. The van der Waals surface area contributed by atoms with Crippen LogP contribution in [0.25, 0.3) is 28.1 Å². The Morgan fingerprint density at radius 2 is 1.91 bits per heavy atom. The van der Waals surface area contributed by atoms with Gasteiger partial charge in [0.25, 0.3) is 11.1 Å². The number of carbonyl (C=O) groups excluding carboxylic acids is 2. The van der Waals surface area contributed by atoms with E-state index in [-0.39, 0.29) is 17.1 Å². The summed E-state index contributed by atoms with van der Waals surface area (Å²) >= 11 is 0.836. The number of imide groups is 1. The second-order valence-corrected chi connectivity index (χ2v) is 11.3. The fourth-order valence-electron chi connectivity index (χ4n) is 5.22. The summed E-state index contributed by atoms with van der Waals surface area (Å²) in [5.41, 5.74) is 1.03. The van der Waals surface area contributed by atoms with Crippen LogP contribution in [0.3, 0.4) is 0 Å². The third kappa shape index (κ3) is 6.67. The fourth-order valence-corrected chi connectivity index (χ4v) is 5.88. The van der Waals surface area contributed by atoms with Crippen LogP contribution < -0.4 is 15.5 Å². The largest absolute Gasteiger partial charge is 0.416 e. The van der Waals surface area contributed by atoms with Gasteiger partial charge < -0.3 is 10.2 Å². The maximum absolute atomic E-state index is 13.8. The van der Waals surface area contributed by atoms with Crippen LogP contribution in [0.2, 0.25) is 0 Å². The van der Waals surface area contributed by atoms with Gasteiger partial charge >= 0.3 is 6.18 Å². The molecule has 0 aliphatic carbocycles. The van der Waals surface area contributed by atoms with Crippen molar-refractivity contribution in [1.82, 2.24) is 30.6 Å². The third-order valence-electron chi connectivity index (χ3n) is 7.38. The van der Waals surface area contributed by atoms with Crippen molar-refractivity contribution in [1.29, 1.82) is 0 Å². The third-order valence-corrected chi connectivity index (χ3v) is 8.19. The van der Waals surface area contributed by atoms with Crippen LogP contribution in [-0.4, -0.2) is 50.7 Å². The van der Waals surface area contributed by atoms with Gasteiger partial charge in [0.05, 0.1) is 27.6 Å². The van der Waals surface area contributed by atoms with Crippen LogP contribution in [0.4, 0.5) is 23.9 Å². The van der Waals surface area contributed by atoms with E-state index in [1.165, 1.54) is 0 Å². The van der Waals surface area contributed by atoms with Gasteiger partial charge in [-0.15, -0.1) is 0 Å². The minimum atomic E-state index is -4.50. The minimum absolute atomic E-state index is 0.206. The summed E-state index contributed by atoms with van der Waals surface area (Å²) < 4.78 is 41.5. The standard InChI is InChI=1S/C30H26F3N7O2S/c31-30(32,33)20-12-22(37-25(13-20)24-3-1-2-19-16-34-8-5-23(19)24)17-35-15-18-6-10-40(11-7-18)28-36-9-4-21(38-28)14-26-27(41)39-29(42)43-26/h1-5,8-9,12-14,16,18,35H,6-7,10-11,15,17H2,(H,39,41,42)/b26-14+. The number of halogens is 3. The SMILES string of the molecule is O=C1NC(=O)/C(=C\c2ccnc(N3CCC(CNCc4cc(C(F)(F)F)cc(-c5cccc6cnccc56)n4)CC3)n2)S1. The Hall–Kier alpha value is -4.36. The van der Waals surface area contributed by atoms with Crippen LogP contribution in [0.5, 0.6) is 0 Å². The number of hydrogen-bond acceptors (Lipinski definition) is 9. The molecule has 0 saturated carbocycles. The van der Waals surface area contributed by atoms with Gasteiger partial charge in [0.15, 0.2) is 0 Å². The van der Waals surface area contributed by atoms with Gasteiger partial charge in [-0.05, 0) is 72.8 Å². The number of benzene rings is 1. The smallest absolute Gasteiger partial charge is 0.341 e. The van der Waals surface area contributed by atoms with Crippen LogP contribution in [0.15, 0.2) is 66.0 Å². The lowest BCUT2D eigenvalue weighted by Gasteiger charge is -2.32. The highest BCUT2D eigenvalue weighted by atomic mass is 32.2. The summed E-state index contributed by atoms with van der Waals surface area (Å²) in [4.78, 5) is 43.2. The van der Waals surface area contributed by atoms with E-state index < -0.39 is 22.9 Å². The number of alkyl halides is 3. The first-order valence-corrected chi connectivity index (χ1v) is 14.5. The Balaban J connectivity index is 1.09. The number of thioether (sulfide) groups is 1. The maximum atomic E-state index is 13.8. The van der Waals surface area contributed by atoms with E-state index in [0.717, 1.165) is 47.5 Å². The normalized spacial score (nSPS) is 17.2. The lowest BCUT2D eigenvalue weighted by atomic mass is 9.97. The number of hydrogen-bond donors (Lipinski definition) is 2. The first kappa shape index (κ1) is 28.7. The lowest BCUT2D eigenvalue weighted by molar-refractivity contribution is -0.137. The molecule has 6 rings (SSSR count).